The van der Waals surface area contributed by atoms with Crippen LogP contribution < -0.4 is 0 Å². The topological polar surface area (TPSA) is 30.7 Å². The fourth-order valence-electron chi connectivity index (χ4n) is 1.54. The Hall–Kier alpha value is -1.64. The number of aromatic nitrogens is 3. The van der Waals surface area contributed by atoms with Gasteiger partial charge in [0.05, 0.1) is 6.20 Å². The van der Waals surface area contributed by atoms with Gasteiger partial charge in [-0.1, -0.05) is 26.8 Å². The van der Waals surface area contributed by atoms with Crippen molar-refractivity contribution >= 4 is 0 Å². The van der Waals surface area contributed by atoms with Crippen LogP contribution in [0.4, 0.5) is 0 Å². The summed E-state index contributed by atoms with van der Waals surface area (Å²) in [6.07, 6.45) is 5.75. The minimum absolute atomic E-state index is 0.126. The first-order valence-corrected chi connectivity index (χ1v) is 5.45. The molecule has 0 amide bonds. The molecule has 0 spiro atoms. The fraction of sp³-hybridized carbons (Fsp3) is 0.385. The highest BCUT2D eigenvalue weighted by Crippen LogP contribution is 2.22. The molecule has 0 bridgehead atoms. The van der Waals surface area contributed by atoms with Gasteiger partial charge in [-0.05, 0) is 29.5 Å². The second-order valence-electron chi connectivity index (χ2n) is 5.07. The monoisotopic (exact) mass is 215 g/mol. The van der Waals surface area contributed by atoms with Gasteiger partial charge in [0.2, 0.25) is 0 Å². The third-order valence-electron chi connectivity index (χ3n) is 2.65. The van der Waals surface area contributed by atoms with Gasteiger partial charge < -0.3 is 0 Å². The standard InChI is InChI=1S/C13H17N3/c1-10-6-5-7-14-12(10)16-9-11(8-15-16)13(2,3)4/h5-9H,1-4H3. The third kappa shape index (κ3) is 1.98. The molecule has 84 valence electrons. The lowest BCUT2D eigenvalue weighted by atomic mass is 9.90. The van der Waals surface area contributed by atoms with Gasteiger partial charge in [0.1, 0.15) is 0 Å². The van der Waals surface area contributed by atoms with Gasteiger partial charge in [0.25, 0.3) is 0 Å². The highest BCUT2D eigenvalue weighted by Gasteiger charge is 2.16. The summed E-state index contributed by atoms with van der Waals surface area (Å²) in [4.78, 5) is 4.34. The van der Waals surface area contributed by atoms with Gasteiger partial charge in [-0.25, -0.2) is 9.67 Å². The van der Waals surface area contributed by atoms with Gasteiger partial charge in [-0.2, -0.15) is 5.10 Å². The Bertz CT molecular complexity index is 492. The third-order valence-corrected chi connectivity index (χ3v) is 2.65. The van der Waals surface area contributed by atoms with Crippen molar-refractivity contribution in [1.29, 1.82) is 0 Å². The van der Waals surface area contributed by atoms with E-state index in [1.54, 1.807) is 6.20 Å². The average molecular weight is 215 g/mol. The molecule has 0 unspecified atom stereocenters. The summed E-state index contributed by atoms with van der Waals surface area (Å²) in [5.74, 6) is 0.901. The van der Waals surface area contributed by atoms with Crippen molar-refractivity contribution in [2.75, 3.05) is 0 Å². The lowest BCUT2D eigenvalue weighted by Crippen LogP contribution is -2.09. The molecule has 3 heteroatoms. The van der Waals surface area contributed by atoms with Gasteiger partial charge in [0, 0.05) is 12.4 Å². The SMILES string of the molecule is Cc1cccnc1-n1cc(C(C)(C)C)cn1. The summed E-state index contributed by atoms with van der Waals surface area (Å²) < 4.78 is 1.84. The van der Waals surface area contributed by atoms with Crippen LogP contribution in [-0.2, 0) is 5.41 Å². The van der Waals surface area contributed by atoms with Crippen LogP contribution in [0.3, 0.4) is 0 Å². The van der Waals surface area contributed by atoms with Gasteiger partial charge in [-0.3, -0.25) is 0 Å². The highest BCUT2D eigenvalue weighted by atomic mass is 15.3. The zero-order valence-electron chi connectivity index (χ0n) is 10.2. The summed E-state index contributed by atoms with van der Waals surface area (Å²) in [6, 6.07) is 3.98. The summed E-state index contributed by atoms with van der Waals surface area (Å²) in [5.41, 5.74) is 2.48. The van der Waals surface area contributed by atoms with Crippen LogP contribution in [0.1, 0.15) is 31.9 Å². The number of hydrogen-bond acceptors (Lipinski definition) is 2. The van der Waals surface area contributed by atoms with Crippen molar-refractivity contribution in [3.05, 3.63) is 41.9 Å². The van der Waals surface area contributed by atoms with E-state index in [0.717, 1.165) is 11.4 Å². The molecule has 0 aliphatic carbocycles. The first-order chi connectivity index (χ1) is 7.48. The van der Waals surface area contributed by atoms with Crippen molar-refractivity contribution in [2.24, 2.45) is 0 Å². The lowest BCUT2D eigenvalue weighted by Gasteiger charge is -2.15. The molecule has 0 saturated carbocycles. The highest BCUT2D eigenvalue weighted by molar-refractivity contribution is 5.32. The molecule has 2 aromatic rings. The van der Waals surface area contributed by atoms with Crippen molar-refractivity contribution in [2.45, 2.75) is 33.1 Å². The van der Waals surface area contributed by atoms with Gasteiger partial charge in [-0.15, -0.1) is 0 Å². The molecule has 0 aromatic carbocycles. The van der Waals surface area contributed by atoms with Crippen molar-refractivity contribution in [3.63, 3.8) is 0 Å². The van der Waals surface area contributed by atoms with Crippen molar-refractivity contribution in [1.82, 2.24) is 14.8 Å². The fourth-order valence-corrected chi connectivity index (χ4v) is 1.54. The Morgan fingerprint density at radius 2 is 2.00 bits per heavy atom. The second-order valence-corrected chi connectivity index (χ2v) is 5.07. The van der Waals surface area contributed by atoms with E-state index in [-0.39, 0.29) is 5.41 Å². The van der Waals surface area contributed by atoms with E-state index in [2.05, 4.69) is 37.1 Å². The zero-order valence-corrected chi connectivity index (χ0v) is 10.2. The van der Waals surface area contributed by atoms with E-state index in [4.69, 9.17) is 0 Å². The molecule has 0 atom stereocenters. The summed E-state index contributed by atoms with van der Waals surface area (Å²) in [7, 11) is 0. The van der Waals surface area contributed by atoms with E-state index >= 15 is 0 Å². The number of hydrogen-bond donors (Lipinski definition) is 0. The maximum absolute atomic E-state index is 4.37. The lowest BCUT2D eigenvalue weighted by molar-refractivity contribution is 0.590. The second kappa shape index (κ2) is 3.74. The van der Waals surface area contributed by atoms with E-state index in [0.29, 0.717) is 0 Å². The normalized spacial score (nSPS) is 11.8. The van der Waals surface area contributed by atoms with Crippen LogP contribution in [0.2, 0.25) is 0 Å². The number of nitrogens with zero attached hydrogens (tertiary/aromatic N) is 3. The van der Waals surface area contributed by atoms with Crippen LogP contribution in [0, 0.1) is 6.92 Å². The molecule has 16 heavy (non-hydrogen) atoms. The van der Waals surface area contributed by atoms with Crippen LogP contribution >= 0.6 is 0 Å². The molecule has 0 saturated heterocycles. The number of rotatable bonds is 1. The zero-order chi connectivity index (χ0) is 11.8. The van der Waals surface area contributed by atoms with E-state index in [9.17, 15) is 0 Å². The summed E-state index contributed by atoms with van der Waals surface area (Å²) in [6.45, 7) is 8.58. The van der Waals surface area contributed by atoms with Crippen LogP contribution in [-0.4, -0.2) is 14.8 Å². The quantitative estimate of drug-likeness (QED) is 0.732. The summed E-state index contributed by atoms with van der Waals surface area (Å²) >= 11 is 0. The Balaban J connectivity index is 2.44. The van der Waals surface area contributed by atoms with Gasteiger partial charge in [0.15, 0.2) is 5.82 Å². The molecule has 0 fully saturated rings. The Morgan fingerprint density at radius 1 is 1.25 bits per heavy atom. The van der Waals surface area contributed by atoms with E-state index in [1.807, 2.05) is 29.9 Å². The first kappa shape index (κ1) is 10.9. The molecule has 2 aromatic heterocycles. The molecule has 2 heterocycles. The minimum Gasteiger partial charge on any atom is -0.237 e. The smallest absolute Gasteiger partial charge is 0.156 e. The Morgan fingerprint density at radius 3 is 2.56 bits per heavy atom. The molecular weight excluding hydrogens is 198 g/mol. The minimum atomic E-state index is 0.126. The van der Waals surface area contributed by atoms with E-state index < -0.39 is 0 Å². The predicted octanol–water partition coefficient (Wildman–Crippen LogP) is 2.87. The molecule has 0 aliphatic rings. The molecule has 3 nitrogen and oxygen atoms in total. The number of aryl methyl sites for hydroxylation is 1. The predicted molar refractivity (Wildman–Crippen MR) is 64.8 cm³/mol. The summed E-state index contributed by atoms with van der Waals surface area (Å²) in [5, 5.41) is 4.37. The van der Waals surface area contributed by atoms with E-state index in [1.165, 1.54) is 5.56 Å². The molecule has 0 aliphatic heterocycles. The molecule has 2 rings (SSSR count). The molecular formula is C13H17N3. The number of pyridine rings is 1. The molecule has 0 radical (unpaired) electrons. The Kier molecular flexibility index (Phi) is 2.54. The Labute approximate surface area is 96.1 Å². The van der Waals surface area contributed by atoms with Crippen LogP contribution in [0.25, 0.3) is 5.82 Å². The van der Waals surface area contributed by atoms with Crippen molar-refractivity contribution in [3.8, 4) is 5.82 Å². The van der Waals surface area contributed by atoms with Crippen LogP contribution in [0.5, 0.6) is 0 Å². The average Bonchev–Trinajstić information content (AvgIpc) is 2.66. The largest absolute Gasteiger partial charge is 0.237 e. The van der Waals surface area contributed by atoms with Gasteiger partial charge >= 0.3 is 0 Å². The maximum Gasteiger partial charge on any atom is 0.156 e. The first-order valence-electron chi connectivity index (χ1n) is 5.45. The van der Waals surface area contributed by atoms with Crippen molar-refractivity contribution < 1.29 is 0 Å². The maximum atomic E-state index is 4.37. The molecule has 0 N–H and O–H groups in total. The van der Waals surface area contributed by atoms with Crippen LogP contribution in [0.15, 0.2) is 30.7 Å².